The zero-order chi connectivity index (χ0) is 21.4. The molecule has 0 unspecified atom stereocenters. The minimum atomic E-state index is -0.605. The van der Waals surface area contributed by atoms with E-state index in [9.17, 15) is 14.4 Å². The molecule has 0 radical (unpaired) electrons. The molecular formula is C25H19NO5. The van der Waals surface area contributed by atoms with Crippen LogP contribution in [0.1, 0.15) is 44.2 Å². The van der Waals surface area contributed by atoms with Crippen LogP contribution < -0.4 is 4.74 Å². The standard InChI is InChI=1S/C25H19NO5/c27-23-19-8-4-5-9-20(19)24(28)26(23)31-25(29)22-14-21(22)17-10-12-18(13-11-17)30-15-16-6-2-1-3-7-16/h1-13,21-22H,14-15H2/t21-,22+/m0/s1. The van der Waals surface area contributed by atoms with Crippen LogP contribution in [0.3, 0.4) is 0 Å². The lowest BCUT2D eigenvalue weighted by Crippen LogP contribution is -2.33. The van der Waals surface area contributed by atoms with Crippen molar-refractivity contribution in [2.75, 3.05) is 0 Å². The second-order valence-electron chi connectivity index (χ2n) is 7.65. The van der Waals surface area contributed by atoms with Crippen LogP contribution in [-0.2, 0) is 16.2 Å². The number of carbonyl (C=O) groups is 3. The van der Waals surface area contributed by atoms with E-state index in [1.165, 1.54) is 0 Å². The first kappa shape index (κ1) is 19.1. The van der Waals surface area contributed by atoms with Gasteiger partial charge in [-0.25, -0.2) is 4.79 Å². The Morgan fingerprint density at radius 1 is 0.839 bits per heavy atom. The van der Waals surface area contributed by atoms with Crippen LogP contribution in [0, 0.1) is 5.92 Å². The molecule has 1 aliphatic heterocycles. The molecule has 3 aromatic carbocycles. The van der Waals surface area contributed by atoms with Crippen molar-refractivity contribution in [3.8, 4) is 5.75 Å². The zero-order valence-electron chi connectivity index (χ0n) is 16.6. The molecule has 0 bridgehead atoms. The molecule has 0 N–H and O–H groups in total. The first-order valence-corrected chi connectivity index (χ1v) is 10.1. The number of fused-ring (bicyclic) bond motifs is 1. The fraction of sp³-hybridized carbons (Fsp3) is 0.160. The molecule has 3 aromatic rings. The summed E-state index contributed by atoms with van der Waals surface area (Å²) < 4.78 is 5.79. The minimum absolute atomic E-state index is 0.00542. The van der Waals surface area contributed by atoms with Gasteiger partial charge in [0.05, 0.1) is 17.0 Å². The summed E-state index contributed by atoms with van der Waals surface area (Å²) in [6, 6.07) is 23.9. The Balaban J connectivity index is 1.18. The number of hydrogen-bond donors (Lipinski definition) is 0. The highest BCUT2D eigenvalue weighted by Crippen LogP contribution is 2.48. The minimum Gasteiger partial charge on any atom is -0.489 e. The normalized spacial score (nSPS) is 19.2. The summed E-state index contributed by atoms with van der Waals surface area (Å²) >= 11 is 0. The maximum atomic E-state index is 12.5. The van der Waals surface area contributed by atoms with Crippen molar-refractivity contribution in [3.63, 3.8) is 0 Å². The van der Waals surface area contributed by atoms with E-state index in [0.29, 0.717) is 18.1 Å². The van der Waals surface area contributed by atoms with Gasteiger partial charge in [0.2, 0.25) is 0 Å². The number of benzene rings is 3. The van der Waals surface area contributed by atoms with Gasteiger partial charge in [0.1, 0.15) is 12.4 Å². The number of carbonyl (C=O) groups excluding carboxylic acids is 3. The van der Waals surface area contributed by atoms with Crippen LogP contribution in [-0.4, -0.2) is 22.8 Å². The summed E-state index contributed by atoms with van der Waals surface area (Å²) in [6.07, 6.45) is 0.617. The van der Waals surface area contributed by atoms with E-state index >= 15 is 0 Å². The topological polar surface area (TPSA) is 72.9 Å². The van der Waals surface area contributed by atoms with Gasteiger partial charge >= 0.3 is 5.97 Å². The summed E-state index contributed by atoms with van der Waals surface area (Å²) in [7, 11) is 0. The molecule has 31 heavy (non-hydrogen) atoms. The highest BCUT2D eigenvalue weighted by atomic mass is 16.7. The molecule has 2 atom stereocenters. The van der Waals surface area contributed by atoms with Gasteiger partial charge in [-0.1, -0.05) is 59.7 Å². The largest absolute Gasteiger partial charge is 0.489 e. The number of hydrogen-bond acceptors (Lipinski definition) is 5. The maximum absolute atomic E-state index is 12.5. The molecule has 0 spiro atoms. The SMILES string of the molecule is O=C(ON1C(=O)c2ccccc2C1=O)[C@@H]1C[C@H]1c1ccc(OCc2ccccc2)cc1. The Kier molecular flexibility index (Phi) is 4.75. The summed E-state index contributed by atoms with van der Waals surface area (Å²) in [6.45, 7) is 0.485. The Morgan fingerprint density at radius 2 is 1.45 bits per heavy atom. The van der Waals surface area contributed by atoms with Crippen LogP contribution in [0.2, 0.25) is 0 Å². The molecule has 6 heteroatoms. The lowest BCUT2D eigenvalue weighted by molar-refractivity contribution is -0.170. The predicted molar refractivity (Wildman–Crippen MR) is 111 cm³/mol. The van der Waals surface area contributed by atoms with Gasteiger partial charge in [-0.05, 0) is 47.7 Å². The van der Waals surface area contributed by atoms with Crippen LogP contribution in [0.4, 0.5) is 0 Å². The molecule has 1 fully saturated rings. The van der Waals surface area contributed by atoms with Gasteiger partial charge in [0.25, 0.3) is 11.8 Å². The first-order valence-electron chi connectivity index (χ1n) is 10.1. The van der Waals surface area contributed by atoms with Crippen molar-refractivity contribution in [1.29, 1.82) is 0 Å². The van der Waals surface area contributed by atoms with Crippen molar-refractivity contribution in [3.05, 3.63) is 101 Å². The molecule has 1 saturated carbocycles. The molecule has 2 aliphatic rings. The lowest BCUT2D eigenvalue weighted by atomic mass is 10.1. The summed E-state index contributed by atoms with van der Waals surface area (Å²) in [5.41, 5.74) is 2.58. The van der Waals surface area contributed by atoms with Crippen LogP contribution in [0.25, 0.3) is 0 Å². The van der Waals surface area contributed by atoms with Crippen molar-refractivity contribution < 1.29 is 24.0 Å². The Morgan fingerprint density at radius 3 is 2.10 bits per heavy atom. The van der Waals surface area contributed by atoms with E-state index < -0.39 is 17.8 Å². The monoisotopic (exact) mass is 413 g/mol. The van der Waals surface area contributed by atoms with Crippen LogP contribution in [0.5, 0.6) is 5.75 Å². The molecule has 154 valence electrons. The van der Waals surface area contributed by atoms with E-state index in [0.717, 1.165) is 16.9 Å². The predicted octanol–water partition coefficient (Wildman–Crippen LogP) is 4.12. The van der Waals surface area contributed by atoms with E-state index in [1.807, 2.05) is 54.6 Å². The number of imide groups is 1. The second kappa shape index (κ2) is 7.72. The van der Waals surface area contributed by atoms with E-state index in [4.69, 9.17) is 9.57 Å². The van der Waals surface area contributed by atoms with Crippen molar-refractivity contribution in [2.24, 2.45) is 5.92 Å². The van der Waals surface area contributed by atoms with E-state index in [2.05, 4.69) is 0 Å². The first-order chi connectivity index (χ1) is 15.1. The summed E-state index contributed by atoms with van der Waals surface area (Å²) in [5.74, 6) is -1.40. The Labute approximate surface area is 179 Å². The number of ether oxygens (including phenoxy) is 1. The molecule has 6 nitrogen and oxygen atoms in total. The van der Waals surface area contributed by atoms with E-state index in [1.54, 1.807) is 24.3 Å². The Bertz CT molecular complexity index is 1120. The molecule has 1 aliphatic carbocycles. The second-order valence-corrected chi connectivity index (χ2v) is 7.65. The number of rotatable bonds is 6. The quantitative estimate of drug-likeness (QED) is 0.569. The average Bonchev–Trinajstić information content (AvgIpc) is 3.58. The number of nitrogens with zero attached hydrogens (tertiary/aromatic N) is 1. The van der Waals surface area contributed by atoms with Gasteiger partial charge < -0.3 is 9.57 Å². The Hall–Kier alpha value is -3.93. The molecule has 2 amide bonds. The summed E-state index contributed by atoms with van der Waals surface area (Å²) in [5, 5.41) is 0.572. The van der Waals surface area contributed by atoms with E-state index in [-0.39, 0.29) is 23.0 Å². The molecule has 0 saturated heterocycles. The van der Waals surface area contributed by atoms with Gasteiger partial charge in [0, 0.05) is 0 Å². The van der Waals surface area contributed by atoms with Gasteiger partial charge in [-0.3, -0.25) is 9.59 Å². The van der Waals surface area contributed by atoms with Gasteiger partial charge in [-0.2, -0.15) is 0 Å². The fourth-order valence-corrected chi connectivity index (χ4v) is 3.78. The number of hydroxylamine groups is 2. The van der Waals surface area contributed by atoms with Crippen molar-refractivity contribution in [2.45, 2.75) is 18.9 Å². The summed E-state index contributed by atoms with van der Waals surface area (Å²) in [4.78, 5) is 42.4. The highest BCUT2D eigenvalue weighted by Gasteiger charge is 2.48. The van der Waals surface area contributed by atoms with Gasteiger partial charge in [0.15, 0.2) is 0 Å². The van der Waals surface area contributed by atoms with Crippen LogP contribution >= 0.6 is 0 Å². The number of amides is 2. The molecule has 5 rings (SSSR count). The highest BCUT2D eigenvalue weighted by molar-refractivity contribution is 6.20. The zero-order valence-corrected chi connectivity index (χ0v) is 16.6. The average molecular weight is 413 g/mol. The van der Waals surface area contributed by atoms with Crippen LogP contribution in [0.15, 0.2) is 78.9 Å². The smallest absolute Gasteiger partial charge is 0.336 e. The van der Waals surface area contributed by atoms with Crippen molar-refractivity contribution in [1.82, 2.24) is 5.06 Å². The third-order valence-electron chi connectivity index (χ3n) is 5.59. The third kappa shape index (κ3) is 3.68. The molecule has 1 heterocycles. The van der Waals surface area contributed by atoms with Crippen molar-refractivity contribution >= 4 is 17.8 Å². The third-order valence-corrected chi connectivity index (χ3v) is 5.59. The maximum Gasteiger partial charge on any atom is 0.336 e. The van der Waals surface area contributed by atoms with Gasteiger partial charge in [-0.15, -0.1) is 0 Å². The molecule has 0 aromatic heterocycles. The molecular weight excluding hydrogens is 394 g/mol. The fourth-order valence-electron chi connectivity index (χ4n) is 3.78. The lowest BCUT2D eigenvalue weighted by Gasteiger charge is -2.12.